The van der Waals surface area contributed by atoms with Crippen LogP contribution < -0.4 is 11.3 Å². The monoisotopic (exact) mass is 223 g/mol. The number of anilines is 1. The number of aromatic nitrogens is 2. The summed E-state index contributed by atoms with van der Waals surface area (Å²) in [4.78, 5) is 11.4. The summed E-state index contributed by atoms with van der Waals surface area (Å²) >= 11 is 0. The molecule has 0 radical (unpaired) electrons. The Morgan fingerprint density at radius 2 is 2.44 bits per heavy atom. The van der Waals surface area contributed by atoms with Crippen LogP contribution in [0.5, 0.6) is 0 Å². The topological polar surface area (TPSA) is 70.1 Å². The average Bonchev–Trinajstić information content (AvgIpc) is 2.76. The van der Waals surface area contributed by atoms with Gasteiger partial charge in [0.2, 0.25) is 0 Å². The summed E-state index contributed by atoms with van der Waals surface area (Å²) in [5.74, 6) is 0.386. The minimum Gasteiger partial charge on any atom is -0.382 e. The van der Waals surface area contributed by atoms with Gasteiger partial charge in [0.1, 0.15) is 5.82 Å². The number of aryl methyl sites for hydroxylation is 1. The van der Waals surface area contributed by atoms with Gasteiger partial charge in [-0.05, 0) is 31.7 Å². The highest BCUT2D eigenvalue weighted by atomic mass is 16.5. The molecule has 1 aromatic rings. The molecule has 1 atom stereocenters. The maximum absolute atomic E-state index is 11.4. The van der Waals surface area contributed by atoms with Gasteiger partial charge in [0.15, 0.2) is 0 Å². The summed E-state index contributed by atoms with van der Waals surface area (Å²) in [5, 5.41) is 3.98. The molecule has 1 aromatic heterocycles. The van der Waals surface area contributed by atoms with Gasteiger partial charge >= 0.3 is 0 Å². The highest BCUT2D eigenvalue weighted by molar-refractivity contribution is 5.23. The molecular weight excluding hydrogens is 206 g/mol. The van der Waals surface area contributed by atoms with Crippen LogP contribution in [0.25, 0.3) is 0 Å². The molecule has 0 aromatic carbocycles. The fourth-order valence-corrected chi connectivity index (χ4v) is 1.97. The van der Waals surface area contributed by atoms with Gasteiger partial charge in [-0.2, -0.15) is 5.10 Å². The zero-order chi connectivity index (χ0) is 11.4. The number of rotatable bonds is 4. The van der Waals surface area contributed by atoms with Crippen LogP contribution >= 0.6 is 0 Å². The summed E-state index contributed by atoms with van der Waals surface area (Å²) in [6.07, 6.45) is 4.56. The van der Waals surface area contributed by atoms with Crippen molar-refractivity contribution in [3.8, 4) is 0 Å². The maximum Gasteiger partial charge on any atom is 0.266 e. The van der Waals surface area contributed by atoms with E-state index in [0.717, 1.165) is 32.3 Å². The van der Waals surface area contributed by atoms with Gasteiger partial charge in [-0.15, -0.1) is 0 Å². The van der Waals surface area contributed by atoms with E-state index in [2.05, 4.69) is 5.10 Å². The molecule has 16 heavy (non-hydrogen) atoms. The highest BCUT2D eigenvalue weighted by Crippen LogP contribution is 2.16. The number of hydrogen-bond acceptors (Lipinski definition) is 4. The first-order valence-electron chi connectivity index (χ1n) is 5.71. The first-order chi connectivity index (χ1) is 7.75. The molecule has 2 N–H and O–H groups in total. The van der Waals surface area contributed by atoms with E-state index in [1.54, 1.807) is 0 Å². The van der Waals surface area contributed by atoms with E-state index in [4.69, 9.17) is 10.5 Å². The Bertz CT molecular complexity index is 396. The Morgan fingerprint density at radius 1 is 1.56 bits per heavy atom. The Hall–Kier alpha value is -1.36. The van der Waals surface area contributed by atoms with Crippen LogP contribution in [-0.4, -0.2) is 22.5 Å². The van der Waals surface area contributed by atoms with Crippen LogP contribution in [0.1, 0.15) is 25.7 Å². The van der Waals surface area contributed by atoms with Crippen molar-refractivity contribution >= 4 is 5.82 Å². The van der Waals surface area contributed by atoms with Crippen LogP contribution in [0.3, 0.4) is 0 Å². The Morgan fingerprint density at radius 3 is 3.19 bits per heavy atom. The molecule has 2 rings (SSSR count). The Kier molecular flexibility index (Phi) is 3.56. The second-order valence-electron chi connectivity index (χ2n) is 4.10. The first kappa shape index (κ1) is 11.1. The molecule has 1 fully saturated rings. The quantitative estimate of drug-likeness (QED) is 0.819. The van der Waals surface area contributed by atoms with Crippen molar-refractivity contribution in [2.75, 3.05) is 12.3 Å². The van der Waals surface area contributed by atoms with Crippen LogP contribution in [-0.2, 0) is 11.3 Å². The molecule has 5 nitrogen and oxygen atoms in total. The summed E-state index contributed by atoms with van der Waals surface area (Å²) in [5.41, 5.74) is 5.43. The van der Waals surface area contributed by atoms with Crippen molar-refractivity contribution in [1.29, 1.82) is 0 Å². The van der Waals surface area contributed by atoms with Gasteiger partial charge in [0.25, 0.3) is 5.56 Å². The molecule has 0 amide bonds. The van der Waals surface area contributed by atoms with Gasteiger partial charge < -0.3 is 10.5 Å². The predicted molar refractivity (Wildman–Crippen MR) is 61.1 cm³/mol. The second-order valence-corrected chi connectivity index (χ2v) is 4.10. The third kappa shape index (κ3) is 2.82. The SMILES string of the molecule is Nc1ccc(=O)n(CCCC2CCCO2)n1. The van der Waals surface area contributed by atoms with Crippen molar-refractivity contribution in [2.45, 2.75) is 38.3 Å². The van der Waals surface area contributed by atoms with Crippen molar-refractivity contribution in [2.24, 2.45) is 0 Å². The number of hydrogen-bond donors (Lipinski definition) is 1. The van der Waals surface area contributed by atoms with Crippen LogP contribution in [0.4, 0.5) is 5.82 Å². The molecule has 1 aliphatic heterocycles. The lowest BCUT2D eigenvalue weighted by Gasteiger charge is -2.09. The third-order valence-corrected chi connectivity index (χ3v) is 2.81. The normalized spacial score (nSPS) is 20.1. The molecule has 0 bridgehead atoms. The van der Waals surface area contributed by atoms with E-state index in [0.29, 0.717) is 18.5 Å². The van der Waals surface area contributed by atoms with E-state index in [-0.39, 0.29) is 5.56 Å². The van der Waals surface area contributed by atoms with E-state index < -0.39 is 0 Å². The lowest BCUT2D eigenvalue weighted by atomic mass is 10.1. The van der Waals surface area contributed by atoms with Crippen molar-refractivity contribution in [1.82, 2.24) is 9.78 Å². The molecule has 1 aliphatic rings. The predicted octanol–water partition coefficient (Wildman–Crippen LogP) is 0.785. The molecule has 5 heteroatoms. The van der Waals surface area contributed by atoms with Crippen molar-refractivity contribution in [3.05, 3.63) is 22.5 Å². The molecule has 1 unspecified atom stereocenters. The van der Waals surface area contributed by atoms with E-state index in [9.17, 15) is 4.79 Å². The van der Waals surface area contributed by atoms with Crippen molar-refractivity contribution in [3.63, 3.8) is 0 Å². The molecule has 0 spiro atoms. The first-order valence-corrected chi connectivity index (χ1v) is 5.71. The molecular formula is C11H17N3O2. The van der Waals surface area contributed by atoms with Gasteiger partial charge in [-0.25, -0.2) is 4.68 Å². The second kappa shape index (κ2) is 5.12. The third-order valence-electron chi connectivity index (χ3n) is 2.81. The van der Waals surface area contributed by atoms with Crippen molar-refractivity contribution < 1.29 is 4.74 Å². The highest BCUT2D eigenvalue weighted by Gasteiger charge is 2.14. The standard InChI is InChI=1S/C11H17N3O2/c12-10-5-6-11(15)14(13-10)7-1-3-9-4-2-8-16-9/h5-6,9H,1-4,7-8H2,(H2,12,13). The van der Waals surface area contributed by atoms with Crippen LogP contribution in [0, 0.1) is 0 Å². The number of nitrogens with zero attached hydrogens (tertiary/aromatic N) is 2. The number of nitrogens with two attached hydrogens (primary N) is 1. The summed E-state index contributed by atoms with van der Waals surface area (Å²) in [6.45, 7) is 1.49. The molecule has 0 aliphatic carbocycles. The van der Waals surface area contributed by atoms with Crippen LogP contribution in [0.15, 0.2) is 16.9 Å². The fourth-order valence-electron chi connectivity index (χ4n) is 1.97. The minimum atomic E-state index is -0.0958. The Labute approximate surface area is 94.2 Å². The van der Waals surface area contributed by atoms with E-state index in [1.165, 1.54) is 16.8 Å². The average molecular weight is 223 g/mol. The van der Waals surface area contributed by atoms with E-state index >= 15 is 0 Å². The lowest BCUT2D eigenvalue weighted by Crippen LogP contribution is -2.23. The van der Waals surface area contributed by atoms with Gasteiger partial charge in [-0.1, -0.05) is 0 Å². The largest absolute Gasteiger partial charge is 0.382 e. The number of ether oxygens (including phenoxy) is 1. The zero-order valence-corrected chi connectivity index (χ0v) is 9.26. The maximum atomic E-state index is 11.4. The van der Waals surface area contributed by atoms with E-state index in [1.807, 2.05) is 0 Å². The summed E-state index contributed by atoms with van der Waals surface area (Å²) in [7, 11) is 0. The zero-order valence-electron chi connectivity index (χ0n) is 9.26. The minimum absolute atomic E-state index is 0.0958. The van der Waals surface area contributed by atoms with Crippen LogP contribution in [0.2, 0.25) is 0 Å². The molecule has 0 saturated carbocycles. The smallest absolute Gasteiger partial charge is 0.266 e. The fraction of sp³-hybridized carbons (Fsp3) is 0.636. The number of nitrogen functional groups attached to an aromatic ring is 1. The van der Waals surface area contributed by atoms with Gasteiger partial charge in [0, 0.05) is 19.2 Å². The molecule has 1 saturated heterocycles. The summed E-state index contributed by atoms with van der Waals surface area (Å²) in [6, 6.07) is 2.98. The molecule has 88 valence electrons. The Balaban J connectivity index is 1.84. The van der Waals surface area contributed by atoms with Gasteiger partial charge in [0.05, 0.1) is 6.10 Å². The summed E-state index contributed by atoms with van der Waals surface area (Å²) < 4.78 is 6.93. The molecule has 2 heterocycles. The lowest BCUT2D eigenvalue weighted by molar-refractivity contribution is 0.101. The van der Waals surface area contributed by atoms with Gasteiger partial charge in [-0.3, -0.25) is 4.79 Å².